The Morgan fingerprint density at radius 1 is 1.16 bits per heavy atom. The first-order chi connectivity index (χ1) is 12.0. The van der Waals surface area contributed by atoms with Gasteiger partial charge in [0.1, 0.15) is 0 Å². The van der Waals surface area contributed by atoms with Crippen LogP contribution in [0.25, 0.3) is 0 Å². The lowest BCUT2D eigenvalue weighted by Crippen LogP contribution is -2.43. The normalized spacial score (nSPS) is 42.5. The van der Waals surface area contributed by atoms with Crippen molar-refractivity contribution in [1.82, 2.24) is 0 Å². The third kappa shape index (κ3) is 3.44. The van der Waals surface area contributed by atoms with Crippen molar-refractivity contribution in [1.29, 1.82) is 0 Å². The van der Waals surface area contributed by atoms with E-state index in [1.165, 1.54) is 54.9 Å². The lowest BCUT2D eigenvalue weighted by Gasteiger charge is -2.51. The molecule has 4 aliphatic rings. The summed E-state index contributed by atoms with van der Waals surface area (Å²) in [5.41, 5.74) is 4.05. The SMILES string of the molecule is C=C(I)[C@H]1CCC2C3CCC4=C[C@@H](C)CCC=C4C3CC[C@@]21C.CC. The molecule has 0 spiro atoms. The van der Waals surface area contributed by atoms with Gasteiger partial charge in [-0.05, 0) is 124 Å². The van der Waals surface area contributed by atoms with Crippen LogP contribution in [0.3, 0.4) is 0 Å². The zero-order chi connectivity index (χ0) is 18.2. The maximum absolute atomic E-state index is 4.33. The van der Waals surface area contributed by atoms with Crippen LogP contribution in [-0.4, -0.2) is 0 Å². The van der Waals surface area contributed by atoms with Crippen LogP contribution in [0, 0.1) is 35.0 Å². The predicted molar refractivity (Wildman–Crippen MR) is 119 cm³/mol. The van der Waals surface area contributed by atoms with Crippen molar-refractivity contribution in [2.24, 2.45) is 35.0 Å². The van der Waals surface area contributed by atoms with Gasteiger partial charge in [-0.2, -0.15) is 0 Å². The van der Waals surface area contributed by atoms with E-state index in [4.69, 9.17) is 0 Å². The van der Waals surface area contributed by atoms with Crippen LogP contribution < -0.4 is 0 Å². The van der Waals surface area contributed by atoms with Gasteiger partial charge in [0, 0.05) is 0 Å². The molecule has 0 aliphatic heterocycles. The van der Waals surface area contributed by atoms with Gasteiger partial charge >= 0.3 is 0 Å². The molecule has 0 saturated heterocycles. The zero-order valence-corrected chi connectivity index (χ0v) is 18.9. The van der Waals surface area contributed by atoms with Gasteiger partial charge in [0.15, 0.2) is 0 Å². The first-order valence-corrected chi connectivity index (χ1v) is 11.8. The summed E-state index contributed by atoms with van der Waals surface area (Å²) in [7, 11) is 0. The fourth-order valence-electron chi connectivity index (χ4n) is 6.69. The number of hydrogen-bond acceptors (Lipinski definition) is 0. The molecule has 1 heteroatoms. The van der Waals surface area contributed by atoms with Crippen LogP contribution in [0.15, 0.2) is 33.5 Å². The molecule has 4 rings (SSSR count). The topological polar surface area (TPSA) is 0 Å². The summed E-state index contributed by atoms with van der Waals surface area (Å²) in [6.07, 6.45) is 16.4. The molecule has 0 aromatic rings. The molecule has 3 saturated carbocycles. The molecule has 0 nitrogen and oxygen atoms in total. The molecule has 140 valence electrons. The Balaban J connectivity index is 0.000000880. The van der Waals surface area contributed by atoms with E-state index < -0.39 is 0 Å². The van der Waals surface area contributed by atoms with Gasteiger partial charge in [0.05, 0.1) is 0 Å². The van der Waals surface area contributed by atoms with Crippen molar-refractivity contribution < 1.29 is 0 Å². The van der Waals surface area contributed by atoms with Gasteiger partial charge in [-0.3, -0.25) is 0 Å². The van der Waals surface area contributed by atoms with Crippen LogP contribution in [0.1, 0.15) is 79.1 Å². The summed E-state index contributed by atoms with van der Waals surface area (Å²) >= 11 is 2.51. The molecule has 0 aromatic heterocycles. The summed E-state index contributed by atoms with van der Waals surface area (Å²) in [6.45, 7) is 13.3. The van der Waals surface area contributed by atoms with Gasteiger partial charge in [0.2, 0.25) is 0 Å². The van der Waals surface area contributed by atoms with Gasteiger partial charge in [0.25, 0.3) is 0 Å². The first-order valence-electron chi connectivity index (χ1n) is 10.8. The summed E-state index contributed by atoms with van der Waals surface area (Å²) in [5.74, 6) is 4.32. The summed E-state index contributed by atoms with van der Waals surface area (Å²) in [6, 6.07) is 0. The quantitative estimate of drug-likeness (QED) is 0.353. The number of hydrogen-bond donors (Lipinski definition) is 0. The highest BCUT2D eigenvalue weighted by Gasteiger charge is 2.55. The summed E-state index contributed by atoms with van der Waals surface area (Å²) < 4.78 is 1.42. The van der Waals surface area contributed by atoms with Crippen molar-refractivity contribution in [3.8, 4) is 0 Å². The van der Waals surface area contributed by atoms with Crippen LogP contribution in [0.4, 0.5) is 0 Å². The summed E-state index contributed by atoms with van der Waals surface area (Å²) in [5, 5.41) is 0. The van der Waals surface area contributed by atoms with E-state index in [9.17, 15) is 0 Å². The van der Waals surface area contributed by atoms with Gasteiger partial charge in [-0.25, -0.2) is 0 Å². The molecule has 3 unspecified atom stereocenters. The van der Waals surface area contributed by atoms with Crippen LogP contribution >= 0.6 is 22.6 Å². The van der Waals surface area contributed by atoms with Crippen molar-refractivity contribution in [2.45, 2.75) is 79.1 Å². The molecule has 4 aliphatic carbocycles. The Hall–Kier alpha value is -0.0500. The van der Waals surface area contributed by atoms with Crippen LogP contribution in [-0.2, 0) is 0 Å². The maximum atomic E-state index is 4.33. The zero-order valence-electron chi connectivity index (χ0n) is 16.8. The Bertz CT molecular complexity index is 569. The van der Waals surface area contributed by atoms with Gasteiger partial charge < -0.3 is 0 Å². The highest BCUT2D eigenvalue weighted by Crippen LogP contribution is 2.64. The van der Waals surface area contributed by atoms with Crippen LogP contribution in [0.5, 0.6) is 0 Å². The molecular weight excluding hydrogens is 415 g/mol. The smallest absolute Gasteiger partial charge is 0.00529 e. The largest absolute Gasteiger partial charge is 0.0894 e. The minimum Gasteiger partial charge on any atom is -0.0894 e. The Morgan fingerprint density at radius 2 is 1.92 bits per heavy atom. The monoisotopic (exact) mass is 452 g/mol. The second-order valence-electron chi connectivity index (χ2n) is 8.94. The number of halogens is 1. The standard InChI is InChI=1S/C22H31I.C2H6/c1-14-5-4-6-17-16(13-14)7-8-19-18(17)11-12-22(3)20(15(2)23)9-10-21(19)22;1-2/h6,13-14,18-21H,2,4-5,7-12H2,1,3H3;1-2H3/t14-,18?,19?,20+,21?,22+;/m0./s1. The Morgan fingerprint density at radius 3 is 2.64 bits per heavy atom. The maximum Gasteiger partial charge on any atom is -0.00529 e. The molecular formula is C24H37I. The van der Waals surface area contributed by atoms with Crippen LogP contribution in [0.2, 0.25) is 0 Å². The minimum absolute atomic E-state index is 0.541. The van der Waals surface area contributed by atoms with E-state index in [1.807, 2.05) is 13.8 Å². The average molecular weight is 452 g/mol. The third-order valence-electron chi connectivity index (χ3n) is 7.80. The minimum atomic E-state index is 0.541. The van der Waals surface area contributed by atoms with Crippen molar-refractivity contribution in [3.05, 3.63) is 33.5 Å². The second-order valence-corrected chi connectivity index (χ2v) is 10.3. The Kier molecular flexibility index (Phi) is 6.23. The van der Waals surface area contributed by atoms with E-state index in [0.717, 1.165) is 29.6 Å². The fraction of sp³-hybridized carbons (Fsp3) is 0.750. The van der Waals surface area contributed by atoms with Gasteiger partial charge in [-0.15, -0.1) is 0 Å². The molecule has 0 aromatic carbocycles. The average Bonchev–Trinajstić information content (AvgIpc) is 2.83. The second kappa shape index (κ2) is 7.90. The molecule has 25 heavy (non-hydrogen) atoms. The first kappa shape index (κ1) is 19.7. The molecule has 0 bridgehead atoms. The molecule has 0 radical (unpaired) electrons. The third-order valence-corrected chi connectivity index (χ3v) is 8.56. The Labute approximate surface area is 169 Å². The van der Waals surface area contributed by atoms with E-state index >= 15 is 0 Å². The lowest BCUT2D eigenvalue weighted by atomic mass is 9.53. The molecule has 0 N–H and O–H groups in total. The van der Waals surface area contributed by atoms with E-state index in [-0.39, 0.29) is 0 Å². The van der Waals surface area contributed by atoms with E-state index in [0.29, 0.717) is 5.41 Å². The van der Waals surface area contributed by atoms with Crippen molar-refractivity contribution in [2.75, 3.05) is 0 Å². The van der Waals surface area contributed by atoms with Gasteiger partial charge in [-0.1, -0.05) is 46.4 Å². The molecule has 0 amide bonds. The predicted octanol–water partition coefficient (Wildman–Crippen LogP) is 8.10. The van der Waals surface area contributed by atoms with Crippen molar-refractivity contribution in [3.63, 3.8) is 0 Å². The lowest BCUT2D eigenvalue weighted by molar-refractivity contribution is 0.0263. The highest BCUT2D eigenvalue weighted by atomic mass is 127. The summed E-state index contributed by atoms with van der Waals surface area (Å²) in [4.78, 5) is 0. The van der Waals surface area contributed by atoms with Crippen molar-refractivity contribution >= 4 is 22.6 Å². The molecule has 0 heterocycles. The fourth-order valence-corrected chi connectivity index (χ4v) is 7.71. The van der Waals surface area contributed by atoms with E-state index in [1.54, 1.807) is 11.1 Å². The molecule has 6 atom stereocenters. The number of rotatable bonds is 1. The highest BCUT2D eigenvalue weighted by molar-refractivity contribution is 14.1. The number of allylic oxidation sites excluding steroid dienone is 5. The van der Waals surface area contributed by atoms with E-state index in [2.05, 4.69) is 55.2 Å². The molecule has 3 fully saturated rings. The number of fused-ring (bicyclic) bond motifs is 5.